The van der Waals surface area contributed by atoms with Gasteiger partial charge in [-0.2, -0.15) is 0 Å². The molecule has 2 rings (SSSR count). The average Bonchev–Trinajstić information content (AvgIpc) is 2.52. The molecular formula is C18H10F6O3. The number of carbonyl (C=O) groups is 2. The van der Waals surface area contributed by atoms with E-state index in [9.17, 15) is 35.9 Å². The van der Waals surface area contributed by atoms with Crippen molar-refractivity contribution in [2.24, 2.45) is 0 Å². The zero-order valence-electron chi connectivity index (χ0n) is 13.4. The maximum atomic E-state index is 14.1. The normalized spacial score (nSPS) is 10.8. The van der Waals surface area contributed by atoms with Gasteiger partial charge < -0.3 is 4.74 Å². The number of esters is 2. The molecule has 27 heavy (non-hydrogen) atoms. The van der Waals surface area contributed by atoms with Crippen LogP contribution in [0.2, 0.25) is 0 Å². The molecule has 2 aromatic carbocycles. The standard InChI is InChI=1S/C18H10F6O3/c1-2-15(25)27-16(26)7-10(17-11(21)3-8(19)4-12(17)22)18-13(23)5-9(20)6-14(18)24/h2-6,10H,1,7H2. The van der Waals surface area contributed by atoms with Crippen LogP contribution in [0.3, 0.4) is 0 Å². The molecule has 0 heterocycles. The molecule has 0 bridgehead atoms. The van der Waals surface area contributed by atoms with Crippen molar-refractivity contribution < 1.29 is 40.7 Å². The molecule has 0 aliphatic carbocycles. The Hall–Kier alpha value is -3.10. The van der Waals surface area contributed by atoms with Crippen LogP contribution in [0.1, 0.15) is 23.5 Å². The second-order valence-corrected chi connectivity index (χ2v) is 5.32. The summed E-state index contributed by atoms with van der Waals surface area (Å²) in [6.45, 7) is 3.03. The van der Waals surface area contributed by atoms with Crippen molar-refractivity contribution in [3.05, 3.63) is 83.0 Å². The van der Waals surface area contributed by atoms with Gasteiger partial charge in [-0.25, -0.2) is 31.1 Å². The fourth-order valence-corrected chi connectivity index (χ4v) is 2.48. The van der Waals surface area contributed by atoms with E-state index in [0.29, 0.717) is 6.08 Å². The Morgan fingerprint density at radius 3 is 1.56 bits per heavy atom. The molecule has 0 aromatic heterocycles. The maximum Gasteiger partial charge on any atom is 0.337 e. The van der Waals surface area contributed by atoms with Gasteiger partial charge in [-0.3, -0.25) is 4.79 Å². The summed E-state index contributed by atoms with van der Waals surface area (Å²) < 4.78 is 87.1. The van der Waals surface area contributed by atoms with Crippen molar-refractivity contribution in [1.29, 1.82) is 0 Å². The number of hydrogen-bond donors (Lipinski definition) is 0. The molecule has 0 N–H and O–H groups in total. The summed E-state index contributed by atoms with van der Waals surface area (Å²) in [4.78, 5) is 22.9. The van der Waals surface area contributed by atoms with Crippen molar-refractivity contribution in [2.45, 2.75) is 12.3 Å². The quantitative estimate of drug-likeness (QED) is 0.332. The molecule has 0 amide bonds. The van der Waals surface area contributed by atoms with Crippen LogP contribution in [-0.4, -0.2) is 11.9 Å². The van der Waals surface area contributed by atoms with E-state index >= 15 is 0 Å². The zero-order valence-corrected chi connectivity index (χ0v) is 13.4. The van der Waals surface area contributed by atoms with Gasteiger partial charge in [0.1, 0.15) is 34.9 Å². The number of carbonyl (C=O) groups excluding carboxylic acids is 2. The lowest BCUT2D eigenvalue weighted by Crippen LogP contribution is -2.19. The molecule has 9 heteroatoms. The van der Waals surface area contributed by atoms with Gasteiger partial charge in [0.25, 0.3) is 0 Å². The third-order valence-electron chi connectivity index (χ3n) is 3.54. The van der Waals surface area contributed by atoms with Crippen LogP contribution in [-0.2, 0) is 14.3 Å². The number of hydrogen-bond acceptors (Lipinski definition) is 3. The molecule has 142 valence electrons. The highest BCUT2D eigenvalue weighted by Crippen LogP contribution is 2.36. The molecule has 0 radical (unpaired) electrons. The second kappa shape index (κ2) is 8.07. The van der Waals surface area contributed by atoms with Crippen molar-refractivity contribution in [3.8, 4) is 0 Å². The zero-order chi connectivity index (χ0) is 20.3. The van der Waals surface area contributed by atoms with Crippen LogP contribution >= 0.6 is 0 Å². The summed E-state index contributed by atoms with van der Waals surface area (Å²) in [6, 6.07) is 0.964. The Morgan fingerprint density at radius 2 is 1.22 bits per heavy atom. The molecular weight excluding hydrogens is 378 g/mol. The predicted molar refractivity (Wildman–Crippen MR) is 80.4 cm³/mol. The van der Waals surface area contributed by atoms with Crippen LogP contribution < -0.4 is 0 Å². The van der Waals surface area contributed by atoms with E-state index in [0.717, 1.165) is 0 Å². The molecule has 0 saturated heterocycles. The van der Waals surface area contributed by atoms with Crippen LogP contribution in [0.15, 0.2) is 36.9 Å². The highest BCUT2D eigenvalue weighted by Gasteiger charge is 2.31. The van der Waals surface area contributed by atoms with Gasteiger partial charge in [0.15, 0.2) is 0 Å². The first-order valence-electron chi connectivity index (χ1n) is 7.30. The van der Waals surface area contributed by atoms with Gasteiger partial charge in [-0.15, -0.1) is 0 Å². The minimum Gasteiger partial charge on any atom is -0.390 e. The molecule has 0 saturated carbocycles. The molecule has 0 fully saturated rings. The molecule has 0 spiro atoms. The Kier molecular flexibility index (Phi) is 6.04. The lowest BCUT2D eigenvalue weighted by atomic mass is 9.87. The van der Waals surface area contributed by atoms with Gasteiger partial charge in [0.05, 0.1) is 6.42 Å². The van der Waals surface area contributed by atoms with E-state index in [1.54, 1.807) is 0 Å². The first-order valence-corrected chi connectivity index (χ1v) is 7.30. The third-order valence-corrected chi connectivity index (χ3v) is 3.54. The predicted octanol–water partition coefficient (Wildman–Crippen LogP) is 4.30. The van der Waals surface area contributed by atoms with Crippen LogP contribution in [0.25, 0.3) is 0 Å². The smallest absolute Gasteiger partial charge is 0.337 e. The van der Waals surface area contributed by atoms with Crippen LogP contribution in [0.4, 0.5) is 26.3 Å². The van der Waals surface area contributed by atoms with Gasteiger partial charge in [0, 0.05) is 47.4 Å². The van der Waals surface area contributed by atoms with E-state index in [1.807, 2.05) is 0 Å². The fourth-order valence-electron chi connectivity index (χ4n) is 2.48. The Balaban J connectivity index is 2.62. The van der Waals surface area contributed by atoms with Gasteiger partial charge in [0.2, 0.25) is 0 Å². The summed E-state index contributed by atoms with van der Waals surface area (Å²) in [7, 11) is 0. The number of ether oxygens (including phenoxy) is 1. The van der Waals surface area contributed by atoms with Crippen LogP contribution in [0.5, 0.6) is 0 Å². The summed E-state index contributed by atoms with van der Waals surface area (Å²) in [6.07, 6.45) is -0.483. The lowest BCUT2D eigenvalue weighted by Gasteiger charge is -2.20. The third kappa shape index (κ3) is 4.55. The highest BCUT2D eigenvalue weighted by atomic mass is 19.2. The van der Waals surface area contributed by atoms with Crippen molar-refractivity contribution in [3.63, 3.8) is 0 Å². The second-order valence-electron chi connectivity index (χ2n) is 5.32. The largest absolute Gasteiger partial charge is 0.390 e. The Bertz CT molecular complexity index is 822. The molecule has 2 aromatic rings. The lowest BCUT2D eigenvalue weighted by molar-refractivity contribution is -0.156. The molecule has 3 nitrogen and oxygen atoms in total. The van der Waals surface area contributed by atoms with Gasteiger partial charge in [-0.05, 0) is 0 Å². The number of rotatable bonds is 5. The van der Waals surface area contributed by atoms with Gasteiger partial charge in [-0.1, -0.05) is 6.58 Å². The van der Waals surface area contributed by atoms with E-state index < -0.39 is 70.3 Å². The Morgan fingerprint density at radius 1 is 0.852 bits per heavy atom. The van der Waals surface area contributed by atoms with Gasteiger partial charge >= 0.3 is 11.9 Å². The molecule has 0 unspecified atom stereocenters. The summed E-state index contributed by atoms with van der Waals surface area (Å²) in [5.41, 5.74) is -2.10. The summed E-state index contributed by atoms with van der Waals surface area (Å²) >= 11 is 0. The van der Waals surface area contributed by atoms with Crippen molar-refractivity contribution in [1.82, 2.24) is 0 Å². The molecule has 0 aliphatic heterocycles. The number of halogens is 6. The molecule has 0 atom stereocenters. The van der Waals surface area contributed by atoms with E-state index in [2.05, 4.69) is 11.3 Å². The van der Waals surface area contributed by atoms with E-state index in [-0.39, 0.29) is 24.3 Å². The average molecular weight is 388 g/mol. The van der Waals surface area contributed by atoms with Crippen molar-refractivity contribution in [2.75, 3.05) is 0 Å². The van der Waals surface area contributed by atoms with Crippen molar-refractivity contribution >= 4 is 11.9 Å². The SMILES string of the molecule is C=CC(=O)OC(=O)CC(c1c(F)cc(F)cc1F)c1c(F)cc(F)cc1F. The Labute approximate surface area is 148 Å². The topological polar surface area (TPSA) is 43.4 Å². The van der Waals surface area contributed by atoms with E-state index in [1.165, 1.54) is 0 Å². The fraction of sp³-hybridized carbons (Fsp3) is 0.111. The minimum absolute atomic E-state index is 0.241. The van der Waals surface area contributed by atoms with Crippen LogP contribution in [0, 0.1) is 34.9 Å². The number of benzene rings is 2. The first-order chi connectivity index (χ1) is 12.6. The minimum atomic E-state index is -2.00. The van der Waals surface area contributed by atoms with E-state index in [4.69, 9.17) is 0 Å². The highest BCUT2D eigenvalue weighted by molar-refractivity contribution is 5.92. The maximum absolute atomic E-state index is 14.1. The molecule has 0 aliphatic rings. The summed E-state index contributed by atoms with van der Waals surface area (Å²) in [5, 5.41) is 0. The monoisotopic (exact) mass is 388 g/mol. The first kappa shape index (κ1) is 20.2. The summed E-state index contributed by atoms with van der Waals surface area (Å²) in [5.74, 6) is -13.4.